The van der Waals surface area contributed by atoms with Crippen LogP contribution in [0.5, 0.6) is 0 Å². The molecule has 0 bridgehead atoms. The topological polar surface area (TPSA) is 81.9 Å². The summed E-state index contributed by atoms with van der Waals surface area (Å²) >= 11 is 6.26. The Morgan fingerprint density at radius 3 is 2.84 bits per heavy atom. The minimum absolute atomic E-state index is 0.0134. The van der Waals surface area contributed by atoms with E-state index in [1.54, 1.807) is 4.68 Å². The first kappa shape index (κ1) is 17.8. The van der Waals surface area contributed by atoms with Crippen LogP contribution in [0.1, 0.15) is 43.5 Å². The molecule has 1 N–H and O–H groups in total. The van der Waals surface area contributed by atoms with Crippen LogP contribution in [-0.4, -0.2) is 39.8 Å². The number of methoxy groups -OCH3 is 1. The highest BCUT2D eigenvalue weighted by Crippen LogP contribution is 2.37. The molecule has 3 rings (SSSR count). The van der Waals surface area contributed by atoms with Crippen LogP contribution in [0.3, 0.4) is 0 Å². The third kappa shape index (κ3) is 3.52. The van der Waals surface area contributed by atoms with Gasteiger partial charge in [-0.25, -0.2) is 0 Å². The van der Waals surface area contributed by atoms with Gasteiger partial charge in [0.15, 0.2) is 5.82 Å². The van der Waals surface area contributed by atoms with Gasteiger partial charge >= 0.3 is 0 Å². The van der Waals surface area contributed by atoms with Gasteiger partial charge in [0, 0.05) is 12.1 Å². The average molecular weight is 364 g/mol. The summed E-state index contributed by atoms with van der Waals surface area (Å²) in [6.45, 7) is 1.94. The quantitative estimate of drug-likeness (QED) is 0.882. The minimum atomic E-state index is -0.591. The SMILES string of the molecule is COCC(=O)NC1(c2nnnn2-c2cccc(Cl)c2C)CCCCC1. The van der Waals surface area contributed by atoms with Gasteiger partial charge in [0.1, 0.15) is 12.1 Å². The van der Waals surface area contributed by atoms with Crippen molar-refractivity contribution >= 4 is 17.5 Å². The fourth-order valence-electron chi connectivity index (χ4n) is 3.47. The zero-order valence-corrected chi connectivity index (χ0v) is 15.2. The molecule has 7 nitrogen and oxygen atoms in total. The largest absolute Gasteiger partial charge is 0.375 e. The number of carbonyl (C=O) groups is 1. The molecule has 0 radical (unpaired) electrons. The number of tetrazole rings is 1. The lowest BCUT2D eigenvalue weighted by atomic mass is 9.80. The van der Waals surface area contributed by atoms with Crippen molar-refractivity contribution in [2.24, 2.45) is 0 Å². The molecule has 1 heterocycles. The number of amides is 1. The molecule has 1 fully saturated rings. The Balaban J connectivity index is 2.05. The summed E-state index contributed by atoms with van der Waals surface area (Å²) in [5, 5.41) is 16.1. The van der Waals surface area contributed by atoms with Crippen molar-refractivity contribution in [1.29, 1.82) is 0 Å². The number of benzene rings is 1. The lowest BCUT2D eigenvalue weighted by Crippen LogP contribution is -2.50. The number of hydrogen-bond acceptors (Lipinski definition) is 5. The van der Waals surface area contributed by atoms with Gasteiger partial charge in [0.25, 0.3) is 0 Å². The molecule has 1 amide bonds. The molecule has 0 spiro atoms. The summed E-state index contributed by atoms with van der Waals surface area (Å²) in [5.74, 6) is 0.476. The predicted octanol–water partition coefficient (Wildman–Crippen LogP) is 2.55. The van der Waals surface area contributed by atoms with Crippen LogP contribution in [-0.2, 0) is 15.1 Å². The van der Waals surface area contributed by atoms with E-state index in [-0.39, 0.29) is 12.5 Å². The number of aromatic nitrogens is 4. The number of ether oxygens (including phenoxy) is 1. The molecule has 1 aliphatic rings. The second-order valence-electron chi connectivity index (χ2n) is 6.42. The Kier molecular flexibility index (Phi) is 5.34. The van der Waals surface area contributed by atoms with E-state index < -0.39 is 5.54 Å². The monoisotopic (exact) mass is 363 g/mol. The molecule has 0 unspecified atom stereocenters. The van der Waals surface area contributed by atoms with Gasteiger partial charge in [0.2, 0.25) is 5.91 Å². The first-order valence-electron chi connectivity index (χ1n) is 8.42. The molecular formula is C17H22ClN5O2. The van der Waals surface area contributed by atoms with Crippen LogP contribution in [0.2, 0.25) is 5.02 Å². The fraction of sp³-hybridized carbons (Fsp3) is 0.529. The van der Waals surface area contributed by atoms with Crippen LogP contribution >= 0.6 is 11.6 Å². The summed E-state index contributed by atoms with van der Waals surface area (Å²) in [4.78, 5) is 12.2. The van der Waals surface area contributed by atoms with Crippen molar-refractivity contribution in [3.8, 4) is 5.69 Å². The van der Waals surface area contributed by atoms with Crippen molar-refractivity contribution < 1.29 is 9.53 Å². The summed E-state index contributed by atoms with van der Waals surface area (Å²) in [5.41, 5.74) is 1.12. The molecule has 8 heteroatoms. The smallest absolute Gasteiger partial charge is 0.246 e. The van der Waals surface area contributed by atoms with Crippen LogP contribution in [0, 0.1) is 6.92 Å². The molecule has 1 aromatic heterocycles. The van der Waals surface area contributed by atoms with Gasteiger partial charge < -0.3 is 10.1 Å². The Bertz CT molecular complexity index is 755. The number of halogens is 1. The van der Waals surface area contributed by atoms with Crippen molar-refractivity contribution in [3.05, 3.63) is 34.6 Å². The first-order valence-corrected chi connectivity index (χ1v) is 8.79. The average Bonchev–Trinajstić information content (AvgIpc) is 3.08. The molecule has 1 aromatic carbocycles. The number of carbonyl (C=O) groups excluding carboxylic acids is 1. The Morgan fingerprint density at radius 2 is 2.12 bits per heavy atom. The third-order valence-electron chi connectivity index (χ3n) is 4.73. The zero-order valence-electron chi connectivity index (χ0n) is 14.5. The molecule has 0 saturated heterocycles. The van der Waals surface area contributed by atoms with Gasteiger partial charge in [-0.3, -0.25) is 4.79 Å². The van der Waals surface area contributed by atoms with E-state index in [1.165, 1.54) is 7.11 Å². The summed E-state index contributed by atoms with van der Waals surface area (Å²) < 4.78 is 6.66. The molecule has 1 saturated carbocycles. The van der Waals surface area contributed by atoms with E-state index in [1.807, 2.05) is 25.1 Å². The maximum atomic E-state index is 12.2. The van der Waals surface area contributed by atoms with Gasteiger partial charge in [0.05, 0.1) is 5.69 Å². The maximum Gasteiger partial charge on any atom is 0.246 e. The molecular weight excluding hydrogens is 342 g/mol. The van der Waals surface area contributed by atoms with Gasteiger partial charge in [-0.15, -0.1) is 5.10 Å². The molecule has 0 aliphatic heterocycles. The lowest BCUT2D eigenvalue weighted by Gasteiger charge is -2.36. The van der Waals surface area contributed by atoms with E-state index in [0.717, 1.165) is 43.4 Å². The minimum Gasteiger partial charge on any atom is -0.375 e. The fourth-order valence-corrected chi connectivity index (χ4v) is 3.64. The molecule has 1 aliphatic carbocycles. The van der Waals surface area contributed by atoms with E-state index in [4.69, 9.17) is 16.3 Å². The first-order chi connectivity index (χ1) is 12.1. The van der Waals surface area contributed by atoms with Crippen molar-refractivity contribution in [2.75, 3.05) is 13.7 Å². The summed E-state index contributed by atoms with van der Waals surface area (Å²) in [6.07, 6.45) is 4.74. The molecule has 2 aromatic rings. The van der Waals surface area contributed by atoms with Gasteiger partial charge in [-0.1, -0.05) is 36.9 Å². The van der Waals surface area contributed by atoms with Gasteiger partial charge in [-0.05, 0) is 47.9 Å². The van der Waals surface area contributed by atoms with Crippen LogP contribution < -0.4 is 5.32 Å². The Morgan fingerprint density at radius 1 is 1.36 bits per heavy atom. The number of hydrogen-bond donors (Lipinski definition) is 1. The van der Waals surface area contributed by atoms with Crippen molar-refractivity contribution in [3.63, 3.8) is 0 Å². The maximum absolute atomic E-state index is 12.2. The number of rotatable bonds is 5. The predicted molar refractivity (Wildman–Crippen MR) is 93.7 cm³/mol. The molecule has 134 valence electrons. The normalized spacial score (nSPS) is 16.6. The lowest BCUT2D eigenvalue weighted by molar-refractivity contribution is -0.127. The van der Waals surface area contributed by atoms with Crippen LogP contribution in [0.4, 0.5) is 0 Å². The van der Waals surface area contributed by atoms with E-state index in [2.05, 4.69) is 20.8 Å². The van der Waals surface area contributed by atoms with E-state index in [0.29, 0.717) is 10.8 Å². The number of nitrogens with zero attached hydrogens (tertiary/aromatic N) is 4. The molecule has 0 atom stereocenters. The second kappa shape index (κ2) is 7.49. The van der Waals surface area contributed by atoms with Crippen LogP contribution in [0.25, 0.3) is 5.69 Å². The van der Waals surface area contributed by atoms with Crippen molar-refractivity contribution in [2.45, 2.75) is 44.6 Å². The van der Waals surface area contributed by atoms with Crippen molar-refractivity contribution in [1.82, 2.24) is 25.5 Å². The second-order valence-corrected chi connectivity index (χ2v) is 6.83. The standard InChI is InChI=1S/C17H22ClN5O2/c1-12-13(18)7-6-8-14(12)23-16(20-21-22-23)17(9-4-3-5-10-17)19-15(24)11-25-2/h6-8H,3-5,9-11H2,1-2H3,(H,19,24). The van der Waals surface area contributed by atoms with E-state index in [9.17, 15) is 4.79 Å². The Labute approximate surface area is 151 Å². The molecule has 25 heavy (non-hydrogen) atoms. The van der Waals surface area contributed by atoms with Gasteiger partial charge in [-0.2, -0.15) is 4.68 Å². The van der Waals surface area contributed by atoms with E-state index >= 15 is 0 Å². The zero-order chi connectivity index (χ0) is 17.9. The summed E-state index contributed by atoms with van der Waals surface area (Å²) in [7, 11) is 1.51. The highest BCUT2D eigenvalue weighted by molar-refractivity contribution is 6.31. The highest BCUT2D eigenvalue weighted by Gasteiger charge is 2.40. The third-order valence-corrected chi connectivity index (χ3v) is 5.14. The summed E-state index contributed by atoms with van der Waals surface area (Å²) in [6, 6.07) is 5.63. The highest BCUT2D eigenvalue weighted by atomic mass is 35.5. The van der Waals surface area contributed by atoms with Crippen LogP contribution in [0.15, 0.2) is 18.2 Å². The number of nitrogens with one attached hydrogen (secondary N) is 1. The Hall–Kier alpha value is -1.99.